The molecule has 0 saturated carbocycles. The molecule has 7 heteroatoms. The Labute approximate surface area is 128 Å². The highest BCUT2D eigenvalue weighted by Crippen LogP contribution is 2.36. The molecule has 0 fully saturated rings. The lowest BCUT2D eigenvalue weighted by atomic mass is 10.1. The van der Waals surface area contributed by atoms with E-state index in [1.165, 1.54) is 18.2 Å². The van der Waals surface area contributed by atoms with Gasteiger partial charge in [-0.25, -0.2) is 4.79 Å². The minimum Gasteiger partial charge on any atom is -0.478 e. The lowest BCUT2D eigenvalue weighted by Gasteiger charge is -2.11. The normalized spacial score (nSPS) is 10.2. The molecule has 0 heterocycles. The highest BCUT2D eigenvalue weighted by Gasteiger charge is 2.20. The van der Waals surface area contributed by atoms with Gasteiger partial charge < -0.3 is 9.84 Å². The predicted molar refractivity (Wildman–Crippen MR) is 79.0 cm³/mol. The second-order valence-electron chi connectivity index (χ2n) is 4.23. The minimum atomic E-state index is -1.18. The summed E-state index contributed by atoms with van der Waals surface area (Å²) in [6.45, 7) is 1.65. The lowest BCUT2D eigenvalue weighted by molar-refractivity contribution is -0.385. The highest BCUT2D eigenvalue weighted by atomic mass is 79.9. The van der Waals surface area contributed by atoms with Crippen LogP contribution in [0.25, 0.3) is 0 Å². The van der Waals surface area contributed by atoms with E-state index in [9.17, 15) is 20.0 Å². The van der Waals surface area contributed by atoms with Crippen molar-refractivity contribution in [2.75, 3.05) is 0 Å². The summed E-state index contributed by atoms with van der Waals surface area (Å²) in [5.74, 6) is -1.10. The number of ether oxygens (including phenoxy) is 1. The maximum atomic E-state index is 11.2. The van der Waals surface area contributed by atoms with Crippen LogP contribution < -0.4 is 4.74 Å². The number of nitro groups is 1. The average molecular weight is 352 g/mol. The van der Waals surface area contributed by atoms with Crippen molar-refractivity contribution < 1.29 is 19.6 Å². The number of aromatic carboxylic acids is 1. The zero-order valence-electron chi connectivity index (χ0n) is 10.9. The number of rotatable bonds is 4. The van der Waals surface area contributed by atoms with E-state index in [1.54, 1.807) is 25.1 Å². The Morgan fingerprint density at radius 1 is 1.33 bits per heavy atom. The predicted octanol–water partition coefficient (Wildman–Crippen LogP) is 4.16. The second-order valence-corrected chi connectivity index (χ2v) is 5.14. The first-order valence-corrected chi connectivity index (χ1v) is 6.64. The van der Waals surface area contributed by atoms with Crippen LogP contribution in [0.15, 0.2) is 40.9 Å². The first kappa shape index (κ1) is 15.0. The summed E-state index contributed by atoms with van der Waals surface area (Å²) in [7, 11) is 0. The Balaban J connectivity index is 2.53. The quantitative estimate of drug-likeness (QED) is 0.659. The minimum absolute atomic E-state index is 0.0346. The van der Waals surface area contributed by atoms with Gasteiger partial charge in [-0.1, -0.05) is 28.1 Å². The molecule has 2 rings (SSSR count). The summed E-state index contributed by atoms with van der Waals surface area (Å²) in [4.78, 5) is 21.7. The van der Waals surface area contributed by atoms with Gasteiger partial charge in [0.1, 0.15) is 11.3 Å². The molecule has 0 bridgehead atoms. The summed E-state index contributed by atoms with van der Waals surface area (Å²) in [6.07, 6.45) is 0. The third kappa shape index (κ3) is 3.19. The van der Waals surface area contributed by atoms with Crippen LogP contribution in [0.1, 0.15) is 15.9 Å². The Morgan fingerprint density at radius 2 is 2.05 bits per heavy atom. The number of para-hydroxylation sites is 1. The van der Waals surface area contributed by atoms with Gasteiger partial charge in [-0.3, -0.25) is 10.1 Å². The zero-order valence-corrected chi connectivity index (χ0v) is 12.5. The van der Waals surface area contributed by atoms with E-state index in [2.05, 4.69) is 15.9 Å². The number of aryl methyl sites for hydroxylation is 1. The molecule has 0 spiro atoms. The molecule has 0 radical (unpaired) electrons. The molecule has 0 amide bonds. The molecule has 2 aromatic carbocycles. The van der Waals surface area contributed by atoms with Crippen LogP contribution in [0.3, 0.4) is 0 Å². The van der Waals surface area contributed by atoms with Crippen LogP contribution in [0, 0.1) is 17.0 Å². The molecule has 0 saturated heterocycles. The summed E-state index contributed by atoms with van der Waals surface area (Å²) < 4.78 is 6.08. The van der Waals surface area contributed by atoms with Crippen LogP contribution >= 0.6 is 15.9 Å². The van der Waals surface area contributed by atoms with Crippen LogP contribution in [0.2, 0.25) is 0 Å². The van der Waals surface area contributed by atoms with Crippen molar-refractivity contribution in [1.82, 2.24) is 0 Å². The zero-order chi connectivity index (χ0) is 15.6. The number of benzene rings is 2. The van der Waals surface area contributed by atoms with Crippen molar-refractivity contribution in [2.45, 2.75) is 6.92 Å². The maximum Gasteiger partial charge on any atom is 0.339 e. The van der Waals surface area contributed by atoms with Crippen LogP contribution in [-0.4, -0.2) is 16.0 Å². The Hall–Kier alpha value is -2.41. The van der Waals surface area contributed by atoms with Gasteiger partial charge in [-0.05, 0) is 30.7 Å². The number of hydrogen-bond donors (Lipinski definition) is 1. The summed E-state index contributed by atoms with van der Waals surface area (Å²) in [6, 6.07) is 8.93. The van der Waals surface area contributed by atoms with Crippen molar-refractivity contribution in [1.29, 1.82) is 0 Å². The fourth-order valence-corrected chi connectivity index (χ4v) is 2.14. The van der Waals surface area contributed by atoms with Gasteiger partial charge in [-0.15, -0.1) is 0 Å². The number of carboxylic acids is 1. The lowest BCUT2D eigenvalue weighted by Crippen LogP contribution is -2.02. The topological polar surface area (TPSA) is 89.7 Å². The molecule has 6 nitrogen and oxygen atoms in total. The number of carboxylic acid groups (broad SMARTS) is 1. The molecule has 0 aromatic heterocycles. The molecule has 0 aliphatic rings. The number of halogens is 1. The highest BCUT2D eigenvalue weighted by molar-refractivity contribution is 9.10. The first-order chi connectivity index (χ1) is 9.90. The Morgan fingerprint density at radius 3 is 2.67 bits per heavy atom. The van der Waals surface area contributed by atoms with Crippen molar-refractivity contribution in [2.24, 2.45) is 0 Å². The molecule has 0 atom stereocenters. The van der Waals surface area contributed by atoms with E-state index in [-0.39, 0.29) is 22.7 Å². The number of hydrogen-bond acceptors (Lipinski definition) is 4. The van der Waals surface area contributed by atoms with Gasteiger partial charge in [0.2, 0.25) is 5.75 Å². The van der Waals surface area contributed by atoms with Gasteiger partial charge in [0, 0.05) is 10.5 Å². The van der Waals surface area contributed by atoms with E-state index >= 15 is 0 Å². The first-order valence-electron chi connectivity index (χ1n) is 5.85. The molecule has 0 aliphatic carbocycles. The SMILES string of the molecule is Cc1cccc([N+](=O)[O-])c1Oc1ccc(Br)cc1C(=O)O. The van der Waals surface area contributed by atoms with Gasteiger partial charge in [0.25, 0.3) is 0 Å². The summed E-state index contributed by atoms with van der Waals surface area (Å²) >= 11 is 3.18. The Kier molecular flexibility index (Phi) is 4.23. The third-order valence-electron chi connectivity index (χ3n) is 2.77. The van der Waals surface area contributed by atoms with E-state index in [1.807, 2.05) is 0 Å². The summed E-state index contributed by atoms with van der Waals surface area (Å²) in [5, 5.41) is 20.2. The summed E-state index contributed by atoms with van der Waals surface area (Å²) in [5.41, 5.74) is 0.250. The smallest absolute Gasteiger partial charge is 0.339 e. The van der Waals surface area contributed by atoms with Crippen molar-refractivity contribution in [3.8, 4) is 11.5 Å². The van der Waals surface area contributed by atoms with Gasteiger partial charge >= 0.3 is 11.7 Å². The molecule has 0 aliphatic heterocycles. The largest absolute Gasteiger partial charge is 0.478 e. The Bertz CT molecular complexity index is 729. The number of carbonyl (C=O) groups is 1. The van der Waals surface area contributed by atoms with Gasteiger partial charge in [-0.2, -0.15) is 0 Å². The van der Waals surface area contributed by atoms with Crippen LogP contribution in [0.5, 0.6) is 11.5 Å². The van der Waals surface area contributed by atoms with Crippen LogP contribution in [0.4, 0.5) is 5.69 Å². The standard InChI is InChI=1S/C14H10BrNO5/c1-8-3-2-4-11(16(19)20)13(8)21-12-6-5-9(15)7-10(12)14(17)18/h2-7H,1H3,(H,17,18). The van der Waals surface area contributed by atoms with E-state index in [0.717, 1.165) is 0 Å². The van der Waals surface area contributed by atoms with E-state index in [0.29, 0.717) is 10.0 Å². The maximum absolute atomic E-state index is 11.2. The molecule has 21 heavy (non-hydrogen) atoms. The van der Waals surface area contributed by atoms with E-state index in [4.69, 9.17) is 4.74 Å². The van der Waals surface area contributed by atoms with Crippen molar-refractivity contribution in [3.05, 3.63) is 62.1 Å². The van der Waals surface area contributed by atoms with Gasteiger partial charge in [0.05, 0.1) is 4.92 Å². The second kappa shape index (κ2) is 5.92. The van der Waals surface area contributed by atoms with E-state index < -0.39 is 10.9 Å². The molecule has 2 aromatic rings. The molecular formula is C14H10BrNO5. The fraction of sp³-hybridized carbons (Fsp3) is 0.0714. The van der Waals surface area contributed by atoms with Crippen molar-refractivity contribution in [3.63, 3.8) is 0 Å². The van der Waals surface area contributed by atoms with Gasteiger partial charge in [0.15, 0.2) is 0 Å². The van der Waals surface area contributed by atoms with Crippen molar-refractivity contribution >= 4 is 27.6 Å². The average Bonchev–Trinajstić information content (AvgIpc) is 2.42. The monoisotopic (exact) mass is 351 g/mol. The molecule has 108 valence electrons. The molecule has 0 unspecified atom stereocenters. The van der Waals surface area contributed by atoms with Crippen LogP contribution in [-0.2, 0) is 0 Å². The number of nitrogens with zero attached hydrogens (tertiary/aromatic N) is 1. The third-order valence-corrected chi connectivity index (χ3v) is 3.27. The molecule has 1 N–H and O–H groups in total. The number of nitro benzene ring substituents is 1. The molecular weight excluding hydrogens is 342 g/mol. The fourth-order valence-electron chi connectivity index (χ4n) is 1.78.